The Labute approximate surface area is 146 Å². The van der Waals surface area contributed by atoms with E-state index in [2.05, 4.69) is 31.4 Å². The van der Waals surface area contributed by atoms with Crippen LogP contribution in [0.4, 0.5) is 0 Å². The maximum absolute atomic E-state index is 11.9. The van der Waals surface area contributed by atoms with E-state index in [1.165, 1.54) is 18.5 Å². The van der Waals surface area contributed by atoms with E-state index < -0.39 is 5.91 Å². The van der Waals surface area contributed by atoms with E-state index in [9.17, 15) is 9.90 Å². The van der Waals surface area contributed by atoms with Gasteiger partial charge >= 0.3 is 0 Å². The van der Waals surface area contributed by atoms with Gasteiger partial charge in [-0.1, -0.05) is 27.5 Å². The van der Waals surface area contributed by atoms with Gasteiger partial charge < -0.3 is 9.84 Å². The van der Waals surface area contributed by atoms with Crippen LogP contribution in [0.2, 0.25) is 5.15 Å². The van der Waals surface area contributed by atoms with E-state index in [1.807, 2.05) is 6.92 Å². The molecule has 0 saturated carbocycles. The van der Waals surface area contributed by atoms with E-state index in [1.54, 1.807) is 18.2 Å². The van der Waals surface area contributed by atoms with Crippen molar-refractivity contribution in [2.24, 2.45) is 5.10 Å². The molecule has 0 spiro atoms. The van der Waals surface area contributed by atoms with Crippen LogP contribution in [0.3, 0.4) is 0 Å². The second-order valence-electron chi connectivity index (χ2n) is 4.32. The lowest BCUT2D eigenvalue weighted by Gasteiger charge is -2.08. The average Bonchev–Trinajstić information content (AvgIpc) is 2.52. The Morgan fingerprint density at radius 3 is 3.04 bits per heavy atom. The zero-order chi connectivity index (χ0) is 16.8. The van der Waals surface area contributed by atoms with Gasteiger partial charge in [-0.2, -0.15) is 5.10 Å². The summed E-state index contributed by atoms with van der Waals surface area (Å²) in [5.74, 6) is -0.240. The highest BCUT2D eigenvalue weighted by molar-refractivity contribution is 9.10. The number of halogens is 2. The number of carbonyl (C=O) groups is 1. The van der Waals surface area contributed by atoms with Gasteiger partial charge in [-0.25, -0.2) is 10.4 Å². The summed E-state index contributed by atoms with van der Waals surface area (Å²) in [4.78, 5) is 15.7. The predicted molar refractivity (Wildman–Crippen MR) is 91.3 cm³/mol. The van der Waals surface area contributed by atoms with Crippen molar-refractivity contribution in [2.45, 2.75) is 6.92 Å². The van der Waals surface area contributed by atoms with Gasteiger partial charge in [0.2, 0.25) is 0 Å². The Bertz CT molecular complexity index is 753. The third-order valence-electron chi connectivity index (χ3n) is 2.74. The fraction of sp³-hybridized carbons (Fsp3) is 0.133. The van der Waals surface area contributed by atoms with Gasteiger partial charge in [0.1, 0.15) is 5.15 Å². The topological polar surface area (TPSA) is 83.8 Å². The largest absolute Gasteiger partial charge is 0.504 e. The number of nitrogens with zero attached hydrogens (tertiary/aromatic N) is 2. The van der Waals surface area contributed by atoms with Crippen LogP contribution >= 0.6 is 27.5 Å². The molecule has 1 aromatic heterocycles. The number of hydrogen-bond donors (Lipinski definition) is 2. The third-order valence-corrected chi connectivity index (χ3v) is 3.50. The summed E-state index contributed by atoms with van der Waals surface area (Å²) >= 11 is 9.15. The maximum Gasteiger partial charge on any atom is 0.274 e. The molecule has 6 nitrogen and oxygen atoms in total. The molecule has 8 heteroatoms. The molecule has 0 unspecified atom stereocenters. The standard InChI is InChI=1S/C15H13BrClN3O3/c1-2-23-12-7-10(16)6-9(13(12)21)8-19-20-15(22)11-4-3-5-18-14(11)17/h3-8,21H,2H2,1H3,(H,20,22)/b19-8+. The van der Waals surface area contributed by atoms with Crippen molar-refractivity contribution in [1.82, 2.24) is 10.4 Å². The number of ether oxygens (including phenoxy) is 1. The molecular formula is C15H13BrClN3O3. The third kappa shape index (κ3) is 4.43. The van der Waals surface area contributed by atoms with Gasteiger partial charge in [0.05, 0.1) is 18.4 Å². The minimum atomic E-state index is -0.501. The molecule has 0 saturated heterocycles. The lowest BCUT2D eigenvalue weighted by Crippen LogP contribution is -2.18. The number of nitrogens with one attached hydrogen (secondary N) is 1. The number of phenols is 1. The summed E-state index contributed by atoms with van der Waals surface area (Å²) < 4.78 is 6.03. The monoisotopic (exact) mass is 397 g/mol. The first kappa shape index (κ1) is 17.2. The Morgan fingerprint density at radius 2 is 2.35 bits per heavy atom. The molecule has 0 radical (unpaired) electrons. The maximum atomic E-state index is 11.9. The van der Waals surface area contributed by atoms with Gasteiger partial charge in [0.15, 0.2) is 11.5 Å². The van der Waals surface area contributed by atoms with Crippen LogP contribution < -0.4 is 10.2 Å². The van der Waals surface area contributed by atoms with Gasteiger partial charge in [-0.15, -0.1) is 0 Å². The zero-order valence-corrected chi connectivity index (χ0v) is 14.4. The molecule has 1 amide bonds. The number of pyridine rings is 1. The fourth-order valence-electron chi connectivity index (χ4n) is 1.73. The quantitative estimate of drug-likeness (QED) is 0.459. The van der Waals surface area contributed by atoms with Crippen molar-refractivity contribution in [3.8, 4) is 11.5 Å². The molecule has 1 aromatic carbocycles. The van der Waals surface area contributed by atoms with Crippen LogP contribution in [0.15, 0.2) is 40.0 Å². The minimum absolute atomic E-state index is 0.0625. The Balaban J connectivity index is 2.15. The molecule has 120 valence electrons. The molecule has 0 aliphatic carbocycles. The summed E-state index contributed by atoms with van der Waals surface area (Å²) in [6.07, 6.45) is 2.79. The molecular weight excluding hydrogens is 386 g/mol. The normalized spacial score (nSPS) is 10.7. The predicted octanol–water partition coefficient (Wildman–Crippen LogP) is 3.37. The van der Waals surface area contributed by atoms with E-state index in [0.29, 0.717) is 22.4 Å². The van der Waals surface area contributed by atoms with Crippen molar-refractivity contribution in [3.05, 3.63) is 51.2 Å². The Kier molecular flexibility index (Phi) is 5.95. The molecule has 2 N–H and O–H groups in total. The lowest BCUT2D eigenvalue weighted by atomic mass is 10.2. The van der Waals surface area contributed by atoms with Crippen LogP contribution in [0.25, 0.3) is 0 Å². The molecule has 1 heterocycles. The molecule has 0 aliphatic rings. The number of hydrogen-bond acceptors (Lipinski definition) is 5. The highest BCUT2D eigenvalue weighted by atomic mass is 79.9. The molecule has 0 fully saturated rings. The zero-order valence-electron chi connectivity index (χ0n) is 12.1. The van der Waals surface area contributed by atoms with Gasteiger partial charge in [0.25, 0.3) is 5.91 Å². The summed E-state index contributed by atoms with van der Waals surface area (Å²) in [5.41, 5.74) is 2.92. The summed E-state index contributed by atoms with van der Waals surface area (Å²) in [6, 6.07) is 6.41. The molecule has 0 aliphatic heterocycles. The molecule has 2 rings (SSSR count). The van der Waals surface area contributed by atoms with Crippen molar-refractivity contribution in [3.63, 3.8) is 0 Å². The van der Waals surface area contributed by atoms with Crippen LogP contribution in [0, 0.1) is 0 Å². The molecule has 0 bridgehead atoms. The van der Waals surface area contributed by atoms with Gasteiger partial charge in [-0.05, 0) is 31.2 Å². The lowest BCUT2D eigenvalue weighted by molar-refractivity contribution is 0.0955. The number of rotatable bonds is 5. The summed E-state index contributed by atoms with van der Waals surface area (Å²) in [6.45, 7) is 2.23. The minimum Gasteiger partial charge on any atom is -0.504 e. The van der Waals surface area contributed by atoms with Crippen LogP contribution in [0.5, 0.6) is 11.5 Å². The van der Waals surface area contributed by atoms with Crippen LogP contribution in [-0.4, -0.2) is 28.8 Å². The molecule has 2 aromatic rings. The van der Waals surface area contributed by atoms with Gasteiger partial charge in [-0.3, -0.25) is 4.79 Å². The first-order valence-corrected chi connectivity index (χ1v) is 7.79. The molecule has 23 heavy (non-hydrogen) atoms. The SMILES string of the molecule is CCOc1cc(Br)cc(/C=N/NC(=O)c2cccnc2Cl)c1O. The first-order valence-electron chi connectivity index (χ1n) is 6.62. The van der Waals surface area contributed by atoms with E-state index >= 15 is 0 Å². The summed E-state index contributed by atoms with van der Waals surface area (Å²) in [5, 5.41) is 14.0. The van der Waals surface area contributed by atoms with Crippen LogP contribution in [-0.2, 0) is 0 Å². The van der Waals surface area contributed by atoms with E-state index in [-0.39, 0.29) is 16.5 Å². The summed E-state index contributed by atoms with van der Waals surface area (Å²) in [7, 11) is 0. The first-order chi connectivity index (χ1) is 11.0. The number of aromatic nitrogens is 1. The molecule has 0 atom stereocenters. The van der Waals surface area contributed by atoms with E-state index in [4.69, 9.17) is 16.3 Å². The Hall–Kier alpha value is -2.12. The van der Waals surface area contributed by atoms with Crippen molar-refractivity contribution < 1.29 is 14.6 Å². The smallest absolute Gasteiger partial charge is 0.274 e. The number of benzene rings is 1. The van der Waals surface area contributed by atoms with Crippen LogP contribution in [0.1, 0.15) is 22.8 Å². The van der Waals surface area contributed by atoms with Gasteiger partial charge in [0, 0.05) is 16.2 Å². The van der Waals surface area contributed by atoms with Crippen molar-refractivity contribution in [2.75, 3.05) is 6.61 Å². The fourth-order valence-corrected chi connectivity index (χ4v) is 2.39. The number of phenolic OH excluding ortho intramolecular Hbond substituents is 1. The number of amides is 1. The second-order valence-corrected chi connectivity index (χ2v) is 5.59. The van der Waals surface area contributed by atoms with E-state index in [0.717, 1.165) is 0 Å². The second kappa shape index (κ2) is 7.94. The highest BCUT2D eigenvalue weighted by Gasteiger charge is 2.11. The van der Waals surface area contributed by atoms with Crippen molar-refractivity contribution in [1.29, 1.82) is 0 Å². The number of aromatic hydroxyl groups is 1. The highest BCUT2D eigenvalue weighted by Crippen LogP contribution is 2.32. The average molecular weight is 399 g/mol. The number of hydrazone groups is 1. The van der Waals surface area contributed by atoms with Crippen molar-refractivity contribution >= 4 is 39.7 Å². The Morgan fingerprint density at radius 1 is 1.57 bits per heavy atom. The number of carbonyl (C=O) groups excluding carboxylic acids is 1.